The molecule has 2 heterocycles. The fourth-order valence-electron chi connectivity index (χ4n) is 7.86. The van der Waals surface area contributed by atoms with Gasteiger partial charge >= 0.3 is 0 Å². The molecule has 0 bridgehead atoms. The van der Waals surface area contributed by atoms with Gasteiger partial charge in [0.25, 0.3) is 0 Å². The van der Waals surface area contributed by atoms with Crippen molar-refractivity contribution in [3.63, 3.8) is 0 Å². The summed E-state index contributed by atoms with van der Waals surface area (Å²) in [5.41, 5.74) is 3.74. The number of nitrogens with zero attached hydrogens (tertiary/aromatic N) is 4. The van der Waals surface area contributed by atoms with Crippen molar-refractivity contribution in [2.24, 2.45) is 0 Å². The predicted molar refractivity (Wildman–Crippen MR) is 228 cm³/mol. The van der Waals surface area contributed by atoms with Gasteiger partial charge in [0.2, 0.25) is 0 Å². The van der Waals surface area contributed by atoms with Gasteiger partial charge in [0, 0.05) is 21.9 Å². The predicted octanol–water partition coefficient (Wildman–Crippen LogP) is 13.1. The quantitative estimate of drug-likeness (QED) is 0.167. The zero-order valence-electron chi connectivity index (χ0n) is 37.1. The first-order chi connectivity index (χ1) is 30.6. The van der Waals surface area contributed by atoms with Gasteiger partial charge in [0.05, 0.1) is 33.3 Å². The first kappa shape index (κ1) is 24.0. The summed E-state index contributed by atoms with van der Waals surface area (Å²) in [6.45, 7) is 0. The summed E-state index contributed by atoms with van der Waals surface area (Å²) in [6.07, 6.45) is 0. The van der Waals surface area contributed by atoms with E-state index in [1.54, 1.807) is 6.07 Å². The van der Waals surface area contributed by atoms with E-state index in [1.807, 2.05) is 103 Å². The summed E-state index contributed by atoms with van der Waals surface area (Å²) in [7, 11) is 0. The first-order valence-corrected chi connectivity index (χ1v) is 18.0. The normalized spacial score (nSPS) is 13.7. The topological polar surface area (TPSA) is 43.6 Å². The van der Waals surface area contributed by atoms with Crippen LogP contribution in [0.25, 0.3) is 105 Å². The maximum Gasteiger partial charge on any atom is 0.166 e. The summed E-state index contributed by atoms with van der Waals surface area (Å²) < 4.78 is 73.5. The number of aromatic nitrogens is 4. The van der Waals surface area contributed by atoms with E-state index >= 15 is 0 Å². The molecular formula is C51H32N4. The lowest BCUT2D eigenvalue weighted by Gasteiger charge is -2.19. The molecule has 256 valence electrons. The zero-order valence-corrected chi connectivity index (χ0v) is 29.1. The van der Waals surface area contributed by atoms with Gasteiger partial charge in [0.15, 0.2) is 17.5 Å². The molecule has 2 aromatic heterocycles. The Kier molecular flexibility index (Phi) is 5.50. The Morgan fingerprint density at radius 3 is 1.40 bits per heavy atom. The minimum Gasteiger partial charge on any atom is -0.308 e. The number of fused-ring (bicyclic) bond motifs is 9. The molecule has 0 spiro atoms. The second-order valence-corrected chi connectivity index (χ2v) is 13.4. The summed E-state index contributed by atoms with van der Waals surface area (Å²) in [5.74, 6) is 1.03. The van der Waals surface area contributed by atoms with Gasteiger partial charge < -0.3 is 4.57 Å². The van der Waals surface area contributed by atoms with Crippen LogP contribution in [0, 0.1) is 0 Å². The second-order valence-electron chi connectivity index (χ2n) is 13.4. The molecule has 9 aromatic carbocycles. The van der Waals surface area contributed by atoms with Crippen molar-refractivity contribution in [3.8, 4) is 51.0 Å². The van der Waals surface area contributed by atoms with Crippen LogP contribution in [0.3, 0.4) is 0 Å². The van der Waals surface area contributed by atoms with Gasteiger partial charge in [-0.15, -0.1) is 0 Å². The van der Waals surface area contributed by atoms with Gasteiger partial charge in [-0.05, 0) is 67.7 Å². The third-order valence-corrected chi connectivity index (χ3v) is 10.3. The number of hydrogen-bond acceptors (Lipinski definition) is 3. The van der Waals surface area contributed by atoms with Crippen molar-refractivity contribution >= 4 is 54.1 Å². The van der Waals surface area contributed by atoms with Gasteiger partial charge in [-0.2, -0.15) is 0 Å². The van der Waals surface area contributed by atoms with Crippen LogP contribution < -0.4 is 0 Å². The van der Waals surface area contributed by atoms with E-state index in [4.69, 9.17) is 23.2 Å². The molecule has 4 heteroatoms. The molecule has 0 atom stereocenters. The Morgan fingerprint density at radius 1 is 0.364 bits per heavy atom. The molecule has 0 saturated heterocycles. The summed E-state index contributed by atoms with van der Waals surface area (Å²) >= 11 is 0. The van der Waals surface area contributed by atoms with E-state index < -0.39 is 48.3 Å². The molecule has 0 aliphatic rings. The van der Waals surface area contributed by atoms with E-state index in [1.165, 1.54) is 4.57 Å². The first-order valence-electron chi connectivity index (χ1n) is 22.0. The third kappa shape index (κ3) is 5.03. The lowest BCUT2D eigenvalue weighted by atomic mass is 9.90. The van der Waals surface area contributed by atoms with E-state index in [-0.39, 0.29) is 27.6 Å². The number of benzene rings is 9. The smallest absolute Gasteiger partial charge is 0.166 e. The maximum absolute atomic E-state index is 9.35. The Morgan fingerprint density at radius 2 is 0.836 bits per heavy atom. The summed E-state index contributed by atoms with van der Waals surface area (Å²) in [4.78, 5) is 15.3. The van der Waals surface area contributed by atoms with Crippen molar-refractivity contribution in [2.45, 2.75) is 0 Å². The third-order valence-electron chi connectivity index (χ3n) is 10.3. The Hall–Kier alpha value is -7.43. The summed E-state index contributed by atoms with van der Waals surface area (Å²) in [6, 6.07) is 44.0. The second kappa shape index (κ2) is 12.6. The van der Waals surface area contributed by atoms with E-state index in [2.05, 4.69) is 36.4 Å². The molecule has 0 amide bonds. The van der Waals surface area contributed by atoms with Gasteiger partial charge in [-0.3, -0.25) is 0 Å². The van der Waals surface area contributed by atoms with Crippen LogP contribution in [0.5, 0.6) is 0 Å². The fourth-order valence-corrected chi connectivity index (χ4v) is 7.86. The molecule has 0 N–H and O–H groups in total. The monoisotopic (exact) mass is 708 g/mol. The largest absolute Gasteiger partial charge is 0.308 e. The maximum atomic E-state index is 9.35. The van der Waals surface area contributed by atoms with Crippen molar-refractivity contribution in [1.29, 1.82) is 0 Å². The van der Waals surface area contributed by atoms with Crippen molar-refractivity contribution in [2.75, 3.05) is 0 Å². The average Bonchev–Trinajstić information content (AvgIpc) is 3.70. The lowest BCUT2D eigenvalue weighted by Crippen LogP contribution is -2.05. The van der Waals surface area contributed by atoms with E-state index in [0.717, 1.165) is 49.0 Å². The van der Waals surface area contributed by atoms with Crippen LogP contribution >= 0.6 is 0 Å². The average molecular weight is 709 g/mol. The SMILES string of the molecule is [2H]c1c([2H])c([2H])c2c(c1[2H])c1c([2H])c([2H])c([2H])c([2H])c1n2-c1cccc(-c2ccc3c4ccccc4c4ccccc4c3c2)c1-c1nc(-c2ccccc2)nc(-c2ccccc2)n1. The molecule has 0 saturated carbocycles. The van der Waals surface area contributed by atoms with Crippen LogP contribution in [0.4, 0.5) is 0 Å². The molecule has 4 nitrogen and oxygen atoms in total. The van der Waals surface area contributed by atoms with Crippen molar-refractivity contribution < 1.29 is 11.0 Å². The van der Waals surface area contributed by atoms with Crippen molar-refractivity contribution in [1.82, 2.24) is 19.5 Å². The Labute approximate surface area is 328 Å². The van der Waals surface area contributed by atoms with E-state index in [0.29, 0.717) is 28.5 Å². The minimum absolute atomic E-state index is 0.00185. The minimum atomic E-state index is -0.513. The molecule has 11 rings (SSSR count). The van der Waals surface area contributed by atoms with Gasteiger partial charge in [-0.1, -0.05) is 170 Å². The standard InChI is InChI=1S/C51H32N4/c1-3-16-33(17-4-1)49-52-50(34-18-5-2-6-19-34)54-51(53-49)48-36(26-15-29-47(48)55-45-27-13-11-24-42(45)43-25-12-14-28-46(43)55)35-30-31-41-39-22-8-7-20-37(39)38-21-9-10-23-40(38)44(41)32-35/h1-32H/i11D,12D,13D,14D,24D,25D,27D,28D. The van der Waals surface area contributed by atoms with Crippen LogP contribution in [0.1, 0.15) is 11.0 Å². The highest BCUT2D eigenvalue weighted by Gasteiger charge is 2.23. The van der Waals surface area contributed by atoms with Gasteiger partial charge in [-0.25, -0.2) is 15.0 Å². The molecular weight excluding hydrogens is 669 g/mol. The number of para-hydroxylation sites is 2. The summed E-state index contributed by atoms with van der Waals surface area (Å²) in [5, 5.41) is 6.47. The molecule has 0 aliphatic heterocycles. The lowest BCUT2D eigenvalue weighted by molar-refractivity contribution is 1.06. The molecule has 0 fully saturated rings. The Bertz CT molecular complexity index is 3550. The molecule has 55 heavy (non-hydrogen) atoms. The molecule has 11 aromatic rings. The van der Waals surface area contributed by atoms with E-state index in [9.17, 15) is 2.74 Å². The number of hydrogen-bond donors (Lipinski definition) is 0. The molecule has 0 unspecified atom stereocenters. The zero-order chi connectivity index (χ0) is 43.3. The molecule has 0 radical (unpaired) electrons. The van der Waals surface area contributed by atoms with Crippen molar-refractivity contribution in [3.05, 3.63) is 194 Å². The number of rotatable bonds is 5. The van der Waals surface area contributed by atoms with Gasteiger partial charge in [0.1, 0.15) is 0 Å². The highest BCUT2D eigenvalue weighted by molar-refractivity contribution is 6.26. The highest BCUT2D eigenvalue weighted by Crippen LogP contribution is 2.43. The molecule has 0 aliphatic carbocycles. The van der Waals surface area contributed by atoms with Crippen LogP contribution in [0.15, 0.2) is 194 Å². The highest BCUT2D eigenvalue weighted by atomic mass is 15.1. The van der Waals surface area contributed by atoms with Crippen LogP contribution in [-0.4, -0.2) is 19.5 Å². The van der Waals surface area contributed by atoms with Crippen LogP contribution in [0.2, 0.25) is 0 Å². The Balaban J connectivity index is 1.33. The fraction of sp³-hybridized carbons (Fsp3) is 0. The van der Waals surface area contributed by atoms with Crippen LogP contribution in [-0.2, 0) is 0 Å².